The summed E-state index contributed by atoms with van der Waals surface area (Å²) in [6, 6.07) is 6.44. The molecule has 2 aromatic rings. The SMILES string of the molecule is Cc1nnc(SCCCOc2cccc(C(=O)O)c2)o1. The lowest BCUT2D eigenvalue weighted by atomic mass is 10.2. The van der Waals surface area contributed by atoms with Gasteiger partial charge < -0.3 is 14.3 Å². The highest BCUT2D eigenvalue weighted by Gasteiger charge is 2.04. The minimum atomic E-state index is -0.960. The molecule has 1 N–H and O–H groups in total. The summed E-state index contributed by atoms with van der Waals surface area (Å²) in [5.74, 6) is 0.941. The lowest BCUT2D eigenvalue weighted by molar-refractivity contribution is 0.0696. The molecular formula is C13H14N2O4S. The number of nitrogens with zero attached hydrogens (tertiary/aromatic N) is 2. The van der Waals surface area contributed by atoms with Gasteiger partial charge in [-0.2, -0.15) is 0 Å². The van der Waals surface area contributed by atoms with E-state index in [-0.39, 0.29) is 5.56 Å². The number of ether oxygens (including phenoxy) is 1. The maximum absolute atomic E-state index is 10.8. The van der Waals surface area contributed by atoms with Crippen LogP contribution in [0.4, 0.5) is 0 Å². The van der Waals surface area contributed by atoms with Crippen LogP contribution in [0.5, 0.6) is 5.75 Å². The third-order valence-electron chi connectivity index (χ3n) is 2.37. The number of hydrogen-bond donors (Lipinski definition) is 1. The van der Waals surface area contributed by atoms with Gasteiger partial charge in [0.15, 0.2) is 0 Å². The smallest absolute Gasteiger partial charge is 0.335 e. The number of hydrogen-bond acceptors (Lipinski definition) is 6. The van der Waals surface area contributed by atoms with Gasteiger partial charge in [-0.05, 0) is 24.6 Å². The van der Waals surface area contributed by atoms with Gasteiger partial charge in [0, 0.05) is 12.7 Å². The molecule has 0 bridgehead atoms. The van der Waals surface area contributed by atoms with Gasteiger partial charge >= 0.3 is 5.97 Å². The van der Waals surface area contributed by atoms with Crippen LogP contribution in [-0.2, 0) is 0 Å². The minimum Gasteiger partial charge on any atom is -0.494 e. The fourth-order valence-electron chi connectivity index (χ4n) is 1.46. The number of thioether (sulfide) groups is 1. The van der Waals surface area contributed by atoms with E-state index >= 15 is 0 Å². The molecule has 0 radical (unpaired) electrons. The summed E-state index contributed by atoms with van der Waals surface area (Å²) in [4.78, 5) is 10.8. The highest BCUT2D eigenvalue weighted by Crippen LogP contribution is 2.17. The predicted octanol–water partition coefficient (Wildman–Crippen LogP) is 2.64. The first-order valence-corrected chi connectivity index (χ1v) is 7.03. The lowest BCUT2D eigenvalue weighted by Crippen LogP contribution is -2.01. The fourth-order valence-corrected chi connectivity index (χ4v) is 2.18. The molecule has 0 aliphatic heterocycles. The van der Waals surface area contributed by atoms with E-state index in [0.29, 0.717) is 23.5 Å². The third-order valence-corrected chi connectivity index (χ3v) is 3.28. The van der Waals surface area contributed by atoms with Crippen molar-refractivity contribution in [1.29, 1.82) is 0 Å². The van der Waals surface area contributed by atoms with Crippen LogP contribution in [0.2, 0.25) is 0 Å². The number of benzene rings is 1. The predicted molar refractivity (Wildman–Crippen MR) is 73.3 cm³/mol. The molecule has 2 rings (SSSR count). The summed E-state index contributed by atoms with van der Waals surface area (Å²) in [6.07, 6.45) is 0.795. The number of aromatic carboxylic acids is 1. The number of aromatic nitrogens is 2. The zero-order valence-corrected chi connectivity index (χ0v) is 11.7. The molecule has 0 fully saturated rings. The van der Waals surface area contributed by atoms with E-state index < -0.39 is 5.97 Å². The van der Waals surface area contributed by atoms with E-state index in [2.05, 4.69) is 10.2 Å². The topological polar surface area (TPSA) is 85.5 Å². The van der Waals surface area contributed by atoms with Crippen molar-refractivity contribution in [2.24, 2.45) is 0 Å². The molecule has 1 heterocycles. The molecule has 0 saturated carbocycles. The summed E-state index contributed by atoms with van der Waals surface area (Å²) in [5.41, 5.74) is 0.221. The van der Waals surface area contributed by atoms with Gasteiger partial charge in [0.1, 0.15) is 5.75 Å². The summed E-state index contributed by atoms with van der Waals surface area (Å²) in [5, 5.41) is 17.0. The van der Waals surface area contributed by atoms with Gasteiger partial charge in [-0.3, -0.25) is 0 Å². The molecule has 0 spiro atoms. The Bertz CT molecular complexity index is 585. The van der Waals surface area contributed by atoms with Crippen molar-refractivity contribution < 1.29 is 19.1 Å². The molecule has 0 aliphatic carbocycles. The van der Waals surface area contributed by atoms with E-state index in [1.165, 1.54) is 23.9 Å². The first kappa shape index (κ1) is 14.4. The van der Waals surface area contributed by atoms with Crippen molar-refractivity contribution in [2.45, 2.75) is 18.6 Å². The van der Waals surface area contributed by atoms with Gasteiger partial charge in [0.05, 0.1) is 12.2 Å². The van der Waals surface area contributed by atoms with Gasteiger partial charge in [-0.25, -0.2) is 4.79 Å². The molecule has 0 amide bonds. The first-order chi connectivity index (χ1) is 9.65. The second-order valence-corrected chi connectivity index (χ2v) is 5.02. The molecule has 20 heavy (non-hydrogen) atoms. The van der Waals surface area contributed by atoms with Crippen molar-refractivity contribution in [3.63, 3.8) is 0 Å². The van der Waals surface area contributed by atoms with Gasteiger partial charge in [-0.15, -0.1) is 10.2 Å². The molecule has 6 nitrogen and oxygen atoms in total. The van der Waals surface area contributed by atoms with Crippen LogP contribution in [0.25, 0.3) is 0 Å². The molecule has 7 heteroatoms. The van der Waals surface area contributed by atoms with Crippen LogP contribution in [0.15, 0.2) is 33.9 Å². The monoisotopic (exact) mass is 294 g/mol. The zero-order chi connectivity index (χ0) is 14.4. The van der Waals surface area contributed by atoms with Crippen molar-refractivity contribution in [2.75, 3.05) is 12.4 Å². The van der Waals surface area contributed by atoms with E-state index in [1.54, 1.807) is 19.1 Å². The first-order valence-electron chi connectivity index (χ1n) is 6.04. The van der Waals surface area contributed by atoms with Gasteiger partial charge in [0.2, 0.25) is 5.89 Å². The van der Waals surface area contributed by atoms with Crippen LogP contribution in [0.3, 0.4) is 0 Å². The summed E-state index contributed by atoms with van der Waals surface area (Å²) in [6.45, 7) is 2.25. The quantitative estimate of drug-likeness (QED) is 0.620. The minimum absolute atomic E-state index is 0.221. The molecule has 106 valence electrons. The van der Waals surface area contributed by atoms with E-state index in [4.69, 9.17) is 14.3 Å². The second-order valence-electron chi connectivity index (χ2n) is 3.97. The van der Waals surface area contributed by atoms with Crippen LogP contribution in [0, 0.1) is 6.92 Å². The maximum Gasteiger partial charge on any atom is 0.335 e. The Balaban J connectivity index is 1.70. The van der Waals surface area contributed by atoms with Crippen molar-refractivity contribution >= 4 is 17.7 Å². The molecule has 1 aromatic carbocycles. The number of carbonyl (C=O) groups is 1. The molecular weight excluding hydrogens is 280 g/mol. The van der Waals surface area contributed by atoms with Crippen LogP contribution >= 0.6 is 11.8 Å². The Kier molecular flexibility index (Phi) is 5.00. The molecule has 0 aliphatic rings. The number of rotatable bonds is 7. The molecule has 0 unspecified atom stereocenters. The van der Waals surface area contributed by atoms with Gasteiger partial charge in [0.25, 0.3) is 5.22 Å². The Morgan fingerprint density at radius 2 is 2.30 bits per heavy atom. The Morgan fingerprint density at radius 3 is 3.00 bits per heavy atom. The number of carboxylic acids is 1. The summed E-state index contributed by atoms with van der Waals surface area (Å²) < 4.78 is 10.7. The van der Waals surface area contributed by atoms with Crippen molar-refractivity contribution in [3.05, 3.63) is 35.7 Å². The van der Waals surface area contributed by atoms with Crippen molar-refractivity contribution in [1.82, 2.24) is 10.2 Å². The summed E-state index contributed by atoms with van der Waals surface area (Å²) in [7, 11) is 0. The molecule has 1 aromatic heterocycles. The zero-order valence-electron chi connectivity index (χ0n) is 10.9. The fraction of sp³-hybridized carbons (Fsp3) is 0.308. The largest absolute Gasteiger partial charge is 0.494 e. The second kappa shape index (κ2) is 6.95. The van der Waals surface area contributed by atoms with Crippen LogP contribution in [0.1, 0.15) is 22.7 Å². The van der Waals surface area contributed by atoms with Crippen LogP contribution < -0.4 is 4.74 Å². The van der Waals surface area contributed by atoms with E-state index in [9.17, 15) is 4.79 Å². The normalized spacial score (nSPS) is 10.4. The lowest BCUT2D eigenvalue weighted by Gasteiger charge is -2.05. The highest BCUT2D eigenvalue weighted by molar-refractivity contribution is 7.99. The highest BCUT2D eigenvalue weighted by atomic mass is 32.2. The Labute approximate surface area is 120 Å². The Hall–Kier alpha value is -2.02. The molecule has 0 saturated heterocycles. The van der Waals surface area contributed by atoms with Crippen molar-refractivity contribution in [3.8, 4) is 5.75 Å². The number of carboxylic acid groups (broad SMARTS) is 1. The average Bonchev–Trinajstić information content (AvgIpc) is 2.84. The Morgan fingerprint density at radius 1 is 1.45 bits per heavy atom. The average molecular weight is 294 g/mol. The van der Waals surface area contributed by atoms with E-state index in [0.717, 1.165) is 12.2 Å². The summed E-state index contributed by atoms with van der Waals surface area (Å²) >= 11 is 1.47. The van der Waals surface area contributed by atoms with Gasteiger partial charge in [-0.1, -0.05) is 17.8 Å². The third kappa shape index (κ3) is 4.27. The standard InChI is InChI=1S/C13H14N2O4S/c1-9-14-15-13(19-9)20-7-3-6-18-11-5-2-4-10(8-11)12(16)17/h2,4-5,8H,3,6-7H2,1H3,(H,16,17). The van der Waals surface area contributed by atoms with E-state index in [1.807, 2.05) is 0 Å². The maximum atomic E-state index is 10.8. The van der Waals surface area contributed by atoms with Crippen LogP contribution in [-0.4, -0.2) is 33.6 Å². The number of aryl methyl sites for hydroxylation is 1. The molecule has 0 atom stereocenters.